The molecule has 1 fully saturated rings. The zero-order valence-corrected chi connectivity index (χ0v) is 3.66. The van der Waals surface area contributed by atoms with Gasteiger partial charge in [-0.2, -0.15) is 5.26 Å². The first-order valence-corrected chi connectivity index (χ1v) is 2.04. The Balaban J connectivity index is 2.21. The minimum Gasteiger partial charge on any atom is -0.394 e. The highest BCUT2D eigenvalue weighted by Crippen LogP contribution is 2.18. The number of hydrogen-bond acceptors (Lipinski definition) is 3. The lowest BCUT2D eigenvalue weighted by Gasteiger charge is -1.71. The van der Waals surface area contributed by atoms with Crippen LogP contribution in [-0.4, -0.2) is 23.9 Å². The second kappa shape index (κ2) is 1.49. The van der Waals surface area contributed by atoms with Crippen LogP contribution >= 0.6 is 0 Å². The lowest BCUT2D eigenvalue weighted by Crippen LogP contribution is -1.95. The van der Waals surface area contributed by atoms with Crippen molar-refractivity contribution in [1.82, 2.24) is 0 Å². The van der Waals surface area contributed by atoms with Gasteiger partial charge in [-0.05, 0) is 0 Å². The van der Waals surface area contributed by atoms with E-state index in [1.54, 1.807) is 0 Å². The number of nitrogens with zero attached hydrogens (tertiary/aromatic N) is 1. The molecule has 0 radical (unpaired) electrons. The monoisotopic (exact) mass is 99.0 g/mol. The summed E-state index contributed by atoms with van der Waals surface area (Å²) in [6.07, 6.45) is -0.519. The first-order chi connectivity index (χ1) is 3.38. The smallest absolute Gasteiger partial charge is 0.172 e. The molecule has 2 atom stereocenters. The van der Waals surface area contributed by atoms with E-state index in [2.05, 4.69) is 4.74 Å². The number of epoxide rings is 1. The Hall–Kier alpha value is -0.590. The first kappa shape index (κ1) is 4.57. The van der Waals surface area contributed by atoms with Gasteiger partial charge in [0.1, 0.15) is 6.10 Å². The van der Waals surface area contributed by atoms with E-state index in [0.29, 0.717) is 0 Å². The summed E-state index contributed by atoms with van der Waals surface area (Å²) in [5.41, 5.74) is 0. The van der Waals surface area contributed by atoms with E-state index < -0.39 is 0 Å². The molecule has 0 amide bonds. The van der Waals surface area contributed by atoms with Crippen molar-refractivity contribution in [2.75, 3.05) is 6.61 Å². The minimum atomic E-state index is -0.329. The average molecular weight is 99.1 g/mol. The molecule has 1 saturated heterocycles. The first-order valence-electron chi connectivity index (χ1n) is 2.04. The molecule has 0 bridgehead atoms. The molecule has 0 aromatic rings. The van der Waals surface area contributed by atoms with E-state index in [1.807, 2.05) is 6.07 Å². The standard InChI is InChI=1S/C4H5NO2/c5-1-3-4(2-6)7-3/h3-4,6H,2H2/t3-,4-/m1/s1. The van der Waals surface area contributed by atoms with E-state index in [-0.39, 0.29) is 18.8 Å². The third kappa shape index (κ3) is 0.710. The maximum absolute atomic E-state index is 8.23. The van der Waals surface area contributed by atoms with Crippen LogP contribution in [0.5, 0.6) is 0 Å². The lowest BCUT2D eigenvalue weighted by atomic mass is 10.4. The fraction of sp³-hybridized carbons (Fsp3) is 0.750. The summed E-state index contributed by atoms with van der Waals surface area (Å²) in [6, 6.07) is 1.86. The third-order valence-electron chi connectivity index (χ3n) is 0.890. The van der Waals surface area contributed by atoms with Gasteiger partial charge in [-0.3, -0.25) is 0 Å². The maximum atomic E-state index is 8.23. The zero-order chi connectivity index (χ0) is 5.28. The molecule has 1 rings (SSSR count). The van der Waals surface area contributed by atoms with Crippen LogP contribution in [0.3, 0.4) is 0 Å². The minimum absolute atomic E-state index is 0.0295. The molecule has 0 aromatic carbocycles. The van der Waals surface area contributed by atoms with Gasteiger partial charge in [-0.1, -0.05) is 0 Å². The van der Waals surface area contributed by atoms with E-state index >= 15 is 0 Å². The number of aliphatic hydroxyl groups excluding tert-OH is 1. The van der Waals surface area contributed by atoms with Crippen LogP contribution in [0.25, 0.3) is 0 Å². The quantitative estimate of drug-likeness (QED) is 0.441. The Morgan fingerprint density at radius 1 is 1.86 bits per heavy atom. The molecule has 0 aliphatic carbocycles. The van der Waals surface area contributed by atoms with Crippen molar-refractivity contribution >= 4 is 0 Å². The van der Waals surface area contributed by atoms with Crippen LogP contribution in [0, 0.1) is 11.3 Å². The second-order valence-electron chi connectivity index (χ2n) is 1.41. The average Bonchev–Trinajstić information content (AvgIpc) is 2.43. The van der Waals surface area contributed by atoms with E-state index in [4.69, 9.17) is 10.4 Å². The predicted molar refractivity (Wildman–Crippen MR) is 21.4 cm³/mol. The Labute approximate surface area is 41.1 Å². The molecule has 0 aromatic heterocycles. The van der Waals surface area contributed by atoms with Crippen molar-refractivity contribution in [2.45, 2.75) is 12.2 Å². The van der Waals surface area contributed by atoms with E-state index in [1.165, 1.54) is 0 Å². The highest BCUT2D eigenvalue weighted by atomic mass is 16.6. The normalized spacial score (nSPS) is 37.1. The predicted octanol–water partition coefficient (Wildman–Crippen LogP) is -0.730. The van der Waals surface area contributed by atoms with Crippen LogP contribution in [-0.2, 0) is 4.74 Å². The van der Waals surface area contributed by atoms with Gasteiger partial charge in [0.2, 0.25) is 0 Å². The van der Waals surface area contributed by atoms with Crippen molar-refractivity contribution in [3.63, 3.8) is 0 Å². The van der Waals surface area contributed by atoms with Gasteiger partial charge in [-0.15, -0.1) is 0 Å². The van der Waals surface area contributed by atoms with Gasteiger partial charge in [0, 0.05) is 0 Å². The van der Waals surface area contributed by atoms with Gasteiger partial charge in [0.05, 0.1) is 12.7 Å². The molecular formula is C4H5NO2. The van der Waals surface area contributed by atoms with Crippen LogP contribution in [0.1, 0.15) is 0 Å². The molecule has 1 aliphatic rings. The summed E-state index contributed by atoms with van der Waals surface area (Å²) in [7, 11) is 0. The molecule has 3 nitrogen and oxygen atoms in total. The molecule has 0 unspecified atom stereocenters. The van der Waals surface area contributed by atoms with Crippen LogP contribution in [0.2, 0.25) is 0 Å². The SMILES string of the molecule is N#C[C@H]1O[C@@H]1CO. The maximum Gasteiger partial charge on any atom is 0.172 e. The Kier molecular flexibility index (Phi) is 0.970. The van der Waals surface area contributed by atoms with Gasteiger partial charge >= 0.3 is 0 Å². The van der Waals surface area contributed by atoms with Crippen molar-refractivity contribution in [3.05, 3.63) is 0 Å². The van der Waals surface area contributed by atoms with Gasteiger partial charge in [-0.25, -0.2) is 0 Å². The Bertz CT molecular complexity index is 107. The molecule has 1 heterocycles. The fourth-order valence-corrected chi connectivity index (χ4v) is 0.395. The van der Waals surface area contributed by atoms with Crippen molar-refractivity contribution in [2.24, 2.45) is 0 Å². The summed E-state index contributed by atoms with van der Waals surface area (Å²) in [4.78, 5) is 0. The third-order valence-corrected chi connectivity index (χ3v) is 0.890. The van der Waals surface area contributed by atoms with Crippen LogP contribution < -0.4 is 0 Å². The largest absolute Gasteiger partial charge is 0.394 e. The summed E-state index contributed by atoms with van der Waals surface area (Å²) in [6.45, 7) is -0.0295. The molecule has 38 valence electrons. The fourth-order valence-electron chi connectivity index (χ4n) is 0.395. The molecule has 3 heteroatoms. The van der Waals surface area contributed by atoms with Gasteiger partial charge in [0.25, 0.3) is 0 Å². The Morgan fingerprint density at radius 2 is 2.57 bits per heavy atom. The Morgan fingerprint density at radius 3 is 2.71 bits per heavy atom. The molecule has 1 N–H and O–H groups in total. The highest BCUT2D eigenvalue weighted by Gasteiger charge is 2.37. The highest BCUT2D eigenvalue weighted by molar-refractivity contribution is 5.01. The molecule has 1 aliphatic heterocycles. The van der Waals surface area contributed by atoms with Crippen molar-refractivity contribution < 1.29 is 9.84 Å². The number of ether oxygens (including phenoxy) is 1. The number of aliphatic hydroxyl groups is 1. The van der Waals surface area contributed by atoms with Crippen LogP contribution in [0.15, 0.2) is 0 Å². The van der Waals surface area contributed by atoms with Gasteiger partial charge < -0.3 is 9.84 Å². The second-order valence-corrected chi connectivity index (χ2v) is 1.41. The van der Waals surface area contributed by atoms with Crippen molar-refractivity contribution in [1.29, 1.82) is 5.26 Å². The van der Waals surface area contributed by atoms with E-state index in [9.17, 15) is 0 Å². The molecule has 0 spiro atoms. The molecule has 0 saturated carbocycles. The summed E-state index contributed by atoms with van der Waals surface area (Å²) >= 11 is 0. The topological polar surface area (TPSA) is 56.5 Å². The number of hydrogen-bond donors (Lipinski definition) is 1. The summed E-state index contributed by atoms with van der Waals surface area (Å²) in [5.74, 6) is 0. The summed E-state index contributed by atoms with van der Waals surface area (Å²) in [5, 5.41) is 16.3. The molecular weight excluding hydrogens is 94.0 g/mol. The van der Waals surface area contributed by atoms with E-state index in [0.717, 1.165) is 0 Å². The lowest BCUT2D eigenvalue weighted by molar-refractivity contribution is 0.243. The zero-order valence-electron chi connectivity index (χ0n) is 3.66. The molecule has 7 heavy (non-hydrogen) atoms. The summed E-state index contributed by atoms with van der Waals surface area (Å²) < 4.78 is 4.60. The number of nitriles is 1. The van der Waals surface area contributed by atoms with Crippen molar-refractivity contribution in [3.8, 4) is 6.07 Å². The number of rotatable bonds is 1. The van der Waals surface area contributed by atoms with Crippen LogP contribution in [0.4, 0.5) is 0 Å². The van der Waals surface area contributed by atoms with Gasteiger partial charge in [0.15, 0.2) is 6.10 Å².